The maximum absolute atomic E-state index is 4.11. The Kier molecular flexibility index (Phi) is 8.11. The first-order valence-corrected chi connectivity index (χ1v) is 8.88. The first-order chi connectivity index (χ1) is 12.3. The van der Waals surface area contributed by atoms with Crippen LogP contribution in [0.5, 0.6) is 0 Å². The van der Waals surface area contributed by atoms with Gasteiger partial charge in [0.05, 0.1) is 11.6 Å². The fourth-order valence-corrected chi connectivity index (χ4v) is 2.74. The standard InChI is InChI=1S/C15H14N4.C4H5NS.BrH/c1-3-7-13(8-4-1)11-15-16-17-18-19(15)12-14-9-5-2-6-10-14;1-4-5-2-3-6-4;/h1-10H,11-12H2;2-3H,1H3;1H. The molecule has 0 amide bonds. The fraction of sp³-hybridized carbons (Fsp3) is 0.158. The third-order valence-corrected chi connectivity index (χ3v) is 4.25. The van der Waals surface area contributed by atoms with Gasteiger partial charge in [-0.1, -0.05) is 60.7 Å². The number of tetrazole rings is 1. The van der Waals surface area contributed by atoms with E-state index in [1.54, 1.807) is 17.5 Å². The molecule has 4 rings (SSSR count). The van der Waals surface area contributed by atoms with Gasteiger partial charge in [-0.3, -0.25) is 4.98 Å². The van der Waals surface area contributed by atoms with Gasteiger partial charge in [0.2, 0.25) is 0 Å². The Morgan fingerprint density at radius 2 is 1.58 bits per heavy atom. The lowest BCUT2D eigenvalue weighted by Crippen LogP contribution is -2.07. The Morgan fingerprint density at radius 1 is 0.923 bits per heavy atom. The normalized spacial score (nSPS) is 9.73. The van der Waals surface area contributed by atoms with Crippen LogP contribution in [0, 0.1) is 6.92 Å². The highest BCUT2D eigenvalue weighted by atomic mass is 79.9. The van der Waals surface area contributed by atoms with Gasteiger partial charge in [-0.05, 0) is 28.5 Å². The molecule has 7 heteroatoms. The van der Waals surface area contributed by atoms with Gasteiger partial charge in [0.25, 0.3) is 0 Å². The quantitative estimate of drug-likeness (QED) is 0.483. The Labute approximate surface area is 167 Å². The van der Waals surface area contributed by atoms with Gasteiger partial charge in [0.15, 0.2) is 5.82 Å². The van der Waals surface area contributed by atoms with Crippen molar-refractivity contribution in [2.24, 2.45) is 0 Å². The van der Waals surface area contributed by atoms with E-state index < -0.39 is 0 Å². The summed E-state index contributed by atoms with van der Waals surface area (Å²) in [7, 11) is 0. The summed E-state index contributed by atoms with van der Waals surface area (Å²) >= 11 is 1.67. The molecule has 0 aliphatic carbocycles. The SMILES string of the molecule is Br.Cc1nccs1.c1ccc(Cc2nnnn2Cc2ccccc2)cc1. The van der Waals surface area contributed by atoms with Crippen molar-refractivity contribution in [1.82, 2.24) is 25.2 Å². The predicted molar refractivity (Wildman–Crippen MR) is 110 cm³/mol. The summed E-state index contributed by atoms with van der Waals surface area (Å²) in [6, 6.07) is 20.4. The molecule has 2 heterocycles. The number of aromatic nitrogens is 5. The van der Waals surface area contributed by atoms with E-state index in [9.17, 15) is 0 Å². The van der Waals surface area contributed by atoms with E-state index in [-0.39, 0.29) is 17.0 Å². The number of halogens is 1. The largest absolute Gasteiger partial charge is 0.250 e. The second kappa shape index (κ2) is 10.6. The fourth-order valence-electron chi connectivity index (χ4n) is 2.30. The molecule has 2 aromatic carbocycles. The summed E-state index contributed by atoms with van der Waals surface area (Å²) in [5.74, 6) is 0.884. The van der Waals surface area contributed by atoms with Crippen LogP contribution in [-0.2, 0) is 13.0 Å². The second-order valence-corrected chi connectivity index (χ2v) is 6.55. The van der Waals surface area contributed by atoms with E-state index in [4.69, 9.17) is 0 Å². The van der Waals surface area contributed by atoms with Crippen molar-refractivity contribution in [2.75, 3.05) is 0 Å². The lowest BCUT2D eigenvalue weighted by Gasteiger charge is -2.04. The number of benzene rings is 2. The molecular formula is C19H20BrN5S. The van der Waals surface area contributed by atoms with Crippen LogP contribution in [0.1, 0.15) is 22.0 Å². The van der Waals surface area contributed by atoms with Crippen LogP contribution in [0.3, 0.4) is 0 Å². The van der Waals surface area contributed by atoms with Gasteiger partial charge in [-0.2, -0.15) is 0 Å². The number of thiazole rings is 1. The molecule has 5 nitrogen and oxygen atoms in total. The molecular weight excluding hydrogens is 410 g/mol. The maximum atomic E-state index is 4.11. The van der Waals surface area contributed by atoms with Crippen molar-refractivity contribution in [3.05, 3.63) is 94.2 Å². The molecule has 0 saturated carbocycles. The van der Waals surface area contributed by atoms with E-state index in [2.05, 4.69) is 44.8 Å². The minimum atomic E-state index is 0. The van der Waals surface area contributed by atoms with Gasteiger partial charge >= 0.3 is 0 Å². The topological polar surface area (TPSA) is 56.5 Å². The van der Waals surface area contributed by atoms with Crippen LogP contribution in [0.25, 0.3) is 0 Å². The highest BCUT2D eigenvalue weighted by Gasteiger charge is 2.07. The van der Waals surface area contributed by atoms with Crippen LogP contribution in [0.2, 0.25) is 0 Å². The molecule has 0 aliphatic heterocycles. The van der Waals surface area contributed by atoms with Crippen molar-refractivity contribution >= 4 is 28.3 Å². The molecule has 0 spiro atoms. The third-order valence-electron chi connectivity index (χ3n) is 3.54. The molecule has 4 aromatic rings. The van der Waals surface area contributed by atoms with Gasteiger partial charge in [-0.15, -0.1) is 33.4 Å². The van der Waals surface area contributed by atoms with E-state index >= 15 is 0 Å². The minimum absolute atomic E-state index is 0. The van der Waals surface area contributed by atoms with E-state index in [1.165, 1.54) is 11.1 Å². The van der Waals surface area contributed by atoms with Gasteiger partial charge < -0.3 is 0 Å². The summed E-state index contributed by atoms with van der Waals surface area (Å²) < 4.78 is 1.85. The first kappa shape index (κ1) is 19.9. The zero-order valence-electron chi connectivity index (χ0n) is 14.4. The number of rotatable bonds is 4. The van der Waals surface area contributed by atoms with Crippen molar-refractivity contribution in [2.45, 2.75) is 19.9 Å². The molecule has 0 fully saturated rings. The lowest BCUT2D eigenvalue weighted by atomic mass is 10.1. The number of aryl methyl sites for hydroxylation is 1. The summed E-state index contributed by atoms with van der Waals surface area (Å²) in [5, 5.41) is 15.1. The molecule has 0 radical (unpaired) electrons. The highest BCUT2D eigenvalue weighted by molar-refractivity contribution is 8.93. The molecule has 0 aliphatic rings. The molecule has 0 unspecified atom stereocenters. The van der Waals surface area contributed by atoms with Gasteiger partial charge in [0.1, 0.15) is 0 Å². The monoisotopic (exact) mass is 429 g/mol. The number of nitrogens with zero attached hydrogens (tertiary/aromatic N) is 5. The molecule has 0 bridgehead atoms. The van der Waals surface area contributed by atoms with Gasteiger partial charge in [-0.25, -0.2) is 4.68 Å². The predicted octanol–water partition coefficient (Wildman–Crippen LogP) is 4.34. The van der Waals surface area contributed by atoms with Crippen LogP contribution in [0.4, 0.5) is 0 Å². The van der Waals surface area contributed by atoms with E-state index in [0.29, 0.717) is 6.54 Å². The van der Waals surface area contributed by atoms with Crippen molar-refractivity contribution in [3.63, 3.8) is 0 Å². The smallest absolute Gasteiger partial charge is 0.156 e. The van der Waals surface area contributed by atoms with Crippen molar-refractivity contribution < 1.29 is 0 Å². The molecule has 134 valence electrons. The molecule has 2 aromatic heterocycles. The van der Waals surface area contributed by atoms with Gasteiger partial charge in [0, 0.05) is 18.0 Å². The molecule has 0 N–H and O–H groups in total. The highest BCUT2D eigenvalue weighted by Crippen LogP contribution is 2.08. The van der Waals surface area contributed by atoms with E-state index in [0.717, 1.165) is 17.3 Å². The summed E-state index contributed by atoms with van der Waals surface area (Å²) in [6.45, 7) is 2.70. The number of hydrogen-bond donors (Lipinski definition) is 0. The van der Waals surface area contributed by atoms with Crippen LogP contribution < -0.4 is 0 Å². The zero-order valence-corrected chi connectivity index (χ0v) is 16.9. The molecule has 26 heavy (non-hydrogen) atoms. The van der Waals surface area contributed by atoms with Crippen LogP contribution in [0.15, 0.2) is 72.2 Å². The average molecular weight is 430 g/mol. The Bertz CT molecular complexity index is 807. The van der Waals surface area contributed by atoms with E-state index in [1.807, 2.05) is 53.4 Å². The van der Waals surface area contributed by atoms with Crippen molar-refractivity contribution in [3.8, 4) is 0 Å². The summed E-state index contributed by atoms with van der Waals surface area (Å²) in [4.78, 5) is 3.94. The Hall–Kier alpha value is -2.38. The third kappa shape index (κ3) is 6.16. The maximum Gasteiger partial charge on any atom is 0.156 e. The number of hydrogen-bond acceptors (Lipinski definition) is 5. The summed E-state index contributed by atoms with van der Waals surface area (Å²) in [5.41, 5.74) is 2.41. The summed E-state index contributed by atoms with van der Waals surface area (Å²) in [6.07, 6.45) is 2.56. The molecule has 0 atom stereocenters. The average Bonchev–Trinajstić information content (AvgIpc) is 3.29. The van der Waals surface area contributed by atoms with Crippen molar-refractivity contribution in [1.29, 1.82) is 0 Å². The Morgan fingerprint density at radius 3 is 2.12 bits per heavy atom. The minimum Gasteiger partial charge on any atom is -0.250 e. The van der Waals surface area contributed by atoms with Crippen LogP contribution >= 0.6 is 28.3 Å². The second-order valence-electron chi connectivity index (χ2n) is 5.45. The zero-order chi connectivity index (χ0) is 17.3. The van der Waals surface area contributed by atoms with Crippen LogP contribution in [-0.4, -0.2) is 25.2 Å². The lowest BCUT2D eigenvalue weighted by molar-refractivity contribution is 0.625. The molecule has 0 saturated heterocycles. The first-order valence-electron chi connectivity index (χ1n) is 8.00. The Balaban J connectivity index is 0.000000297.